The largest absolute Gasteiger partial charge is 0.382 e. The zero-order valence-electron chi connectivity index (χ0n) is 11.2. The quantitative estimate of drug-likeness (QED) is 0.848. The standard InChI is InChI=1S/C14H25N3/c1-3-13-14(11-17(2)16-13)15-10-9-12-7-5-4-6-8-12/h11-12,15H,3-10H2,1-2H3. The van der Waals surface area contributed by atoms with Crippen LogP contribution in [0, 0.1) is 5.92 Å². The summed E-state index contributed by atoms with van der Waals surface area (Å²) in [4.78, 5) is 0. The van der Waals surface area contributed by atoms with Gasteiger partial charge in [0.2, 0.25) is 0 Å². The predicted octanol–water partition coefficient (Wildman–Crippen LogP) is 3.36. The van der Waals surface area contributed by atoms with E-state index in [1.807, 2.05) is 11.7 Å². The van der Waals surface area contributed by atoms with E-state index in [4.69, 9.17) is 0 Å². The average molecular weight is 235 g/mol. The fraction of sp³-hybridized carbons (Fsp3) is 0.786. The molecule has 1 aromatic rings. The Morgan fingerprint density at radius 2 is 2.12 bits per heavy atom. The van der Waals surface area contributed by atoms with E-state index in [9.17, 15) is 0 Å². The molecule has 0 atom stereocenters. The van der Waals surface area contributed by atoms with E-state index in [1.165, 1.54) is 49.9 Å². The molecule has 1 aliphatic carbocycles. The van der Waals surface area contributed by atoms with Crippen molar-refractivity contribution >= 4 is 5.69 Å². The highest BCUT2D eigenvalue weighted by atomic mass is 15.3. The summed E-state index contributed by atoms with van der Waals surface area (Å²) in [5, 5.41) is 8.00. The third-order valence-corrected chi connectivity index (χ3v) is 3.83. The third-order valence-electron chi connectivity index (χ3n) is 3.83. The molecular weight excluding hydrogens is 210 g/mol. The molecule has 0 aliphatic heterocycles. The van der Waals surface area contributed by atoms with E-state index in [2.05, 4.69) is 23.5 Å². The maximum absolute atomic E-state index is 4.45. The van der Waals surface area contributed by atoms with Gasteiger partial charge in [-0.2, -0.15) is 5.10 Å². The number of aromatic nitrogens is 2. The number of nitrogens with zero attached hydrogens (tertiary/aromatic N) is 2. The molecule has 1 aromatic heterocycles. The van der Waals surface area contributed by atoms with Gasteiger partial charge in [-0.15, -0.1) is 0 Å². The Balaban J connectivity index is 1.76. The lowest BCUT2D eigenvalue weighted by Crippen LogP contribution is -2.12. The van der Waals surface area contributed by atoms with Crippen LogP contribution in [-0.2, 0) is 13.5 Å². The van der Waals surface area contributed by atoms with Gasteiger partial charge in [-0.05, 0) is 18.8 Å². The maximum Gasteiger partial charge on any atom is 0.0853 e. The van der Waals surface area contributed by atoms with Crippen LogP contribution in [-0.4, -0.2) is 16.3 Å². The normalized spacial score (nSPS) is 17.3. The minimum Gasteiger partial charge on any atom is -0.382 e. The van der Waals surface area contributed by atoms with Crippen LogP contribution in [0.3, 0.4) is 0 Å². The molecule has 3 nitrogen and oxygen atoms in total. The van der Waals surface area contributed by atoms with Crippen molar-refractivity contribution < 1.29 is 0 Å². The highest BCUT2D eigenvalue weighted by Gasteiger charge is 2.13. The molecule has 3 heteroatoms. The number of nitrogens with one attached hydrogen (secondary N) is 1. The molecule has 96 valence electrons. The first kappa shape index (κ1) is 12.5. The molecular formula is C14H25N3. The van der Waals surface area contributed by atoms with E-state index in [0.29, 0.717) is 0 Å². The van der Waals surface area contributed by atoms with Gasteiger partial charge in [-0.1, -0.05) is 39.0 Å². The van der Waals surface area contributed by atoms with Gasteiger partial charge in [0.25, 0.3) is 0 Å². The highest BCUT2D eigenvalue weighted by molar-refractivity contribution is 5.46. The summed E-state index contributed by atoms with van der Waals surface area (Å²) >= 11 is 0. The fourth-order valence-electron chi connectivity index (χ4n) is 2.83. The Labute approximate surface area is 105 Å². The molecule has 1 saturated carbocycles. The molecule has 1 heterocycles. The highest BCUT2D eigenvalue weighted by Crippen LogP contribution is 2.26. The Hall–Kier alpha value is -0.990. The number of anilines is 1. The topological polar surface area (TPSA) is 29.9 Å². The Kier molecular flexibility index (Phi) is 4.46. The number of hydrogen-bond donors (Lipinski definition) is 1. The minimum absolute atomic E-state index is 0.956. The van der Waals surface area contributed by atoms with E-state index in [-0.39, 0.29) is 0 Å². The van der Waals surface area contributed by atoms with Crippen molar-refractivity contribution in [2.45, 2.75) is 51.9 Å². The van der Waals surface area contributed by atoms with Gasteiger partial charge in [0.1, 0.15) is 0 Å². The third kappa shape index (κ3) is 3.48. The molecule has 0 bridgehead atoms. The first-order chi connectivity index (χ1) is 8.29. The van der Waals surface area contributed by atoms with Crippen LogP contribution in [0.25, 0.3) is 0 Å². The monoisotopic (exact) mass is 235 g/mol. The number of aryl methyl sites for hydroxylation is 2. The molecule has 0 spiro atoms. The summed E-state index contributed by atoms with van der Waals surface area (Å²) in [6.45, 7) is 3.26. The first-order valence-electron chi connectivity index (χ1n) is 7.06. The smallest absolute Gasteiger partial charge is 0.0853 e. The molecule has 2 rings (SSSR count). The lowest BCUT2D eigenvalue weighted by Gasteiger charge is -2.21. The number of rotatable bonds is 5. The second kappa shape index (κ2) is 6.08. The first-order valence-corrected chi connectivity index (χ1v) is 7.06. The lowest BCUT2D eigenvalue weighted by atomic mass is 9.87. The van der Waals surface area contributed by atoms with Gasteiger partial charge < -0.3 is 5.32 Å². The van der Waals surface area contributed by atoms with Crippen LogP contribution in [0.15, 0.2) is 6.20 Å². The second-order valence-electron chi connectivity index (χ2n) is 5.24. The van der Waals surface area contributed by atoms with Gasteiger partial charge in [-0.25, -0.2) is 0 Å². The van der Waals surface area contributed by atoms with Gasteiger partial charge in [0, 0.05) is 19.8 Å². The van der Waals surface area contributed by atoms with Crippen LogP contribution in [0.4, 0.5) is 5.69 Å². The molecule has 1 N–H and O–H groups in total. The van der Waals surface area contributed by atoms with Crippen molar-refractivity contribution in [3.8, 4) is 0 Å². The Morgan fingerprint density at radius 3 is 2.82 bits per heavy atom. The minimum atomic E-state index is 0.956. The summed E-state index contributed by atoms with van der Waals surface area (Å²) in [6, 6.07) is 0. The SMILES string of the molecule is CCc1nn(C)cc1NCCC1CCCCC1. The van der Waals surface area contributed by atoms with Crippen LogP contribution in [0.1, 0.15) is 51.1 Å². The summed E-state index contributed by atoms with van der Waals surface area (Å²) in [5.41, 5.74) is 2.42. The van der Waals surface area contributed by atoms with Gasteiger partial charge in [-0.3, -0.25) is 4.68 Å². The van der Waals surface area contributed by atoms with Crippen molar-refractivity contribution in [2.75, 3.05) is 11.9 Å². The van der Waals surface area contributed by atoms with Crippen molar-refractivity contribution in [3.05, 3.63) is 11.9 Å². The summed E-state index contributed by atoms with van der Waals surface area (Å²) < 4.78 is 1.90. The molecule has 0 radical (unpaired) electrons. The van der Waals surface area contributed by atoms with Crippen LogP contribution in [0.5, 0.6) is 0 Å². The zero-order valence-corrected chi connectivity index (χ0v) is 11.2. The van der Waals surface area contributed by atoms with E-state index in [1.54, 1.807) is 0 Å². The molecule has 0 amide bonds. The predicted molar refractivity (Wildman–Crippen MR) is 72.3 cm³/mol. The van der Waals surface area contributed by atoms with Crippen LogP contribution < -0.4 is 5.32 Å². The molecule has 1 aliphatic rings. The van der Waals surface area contributed by atoms with Gasteiger partial charge >= 0.3 is 0 Å². The van der Waals surface area contributed by atoms with Crippen molar-refractivity contribution in [1.82, 2.24) is 9.78 Å². The van der Waals surface area contributed by atoms with Crippen LogP contribution >= 0.6 is 0 Å². The summed E-state index contributed by atoms with van der Waals surface area (Å²) in [6.07, 6.45) is 11.6. The van der Waals surface area contributed by atoms with E-state index >= 15 is 0 Å². The number of hydrogen-bond acceptors (Lipinski definition) is 2. The molecule has 17 heavy (non-hydrogen) atoms. The molecule has 0 aromatic carbocycles. The van der Waals surface area contributed by atoms with Crippen molar-refractivity contribution in [1.29, 1.82) is 0 Å². The summed E-state index contributed by atoms with van der Waals surface area (Å²) in [7, 11) is 1.99. The molecule has 0 unspecified atom stereocenters. The maximum atomic E-state index is 4.45. The Morgan fingerprint density at radius 1 is 1.35 bits per heavy atom. The van der Waals surface area contributed by atoms with E-state index in [0.717, 1.165) is 18.9 Å². The van der Waals surface area contributed by atoms with E-state index < -0.39 is 0 Å². The zero-order chi connectivity index (χ0) is 12.1. The molecule has 0 saturated heterocycles. The average Bonchev–Trinajstić information content (AvgIpc) is 2.71. The van der Waals surface area contributed by atoms with Gasteiger partial charge in [0.15, 0.2) is 0 Å². The fourth-order valence-corrected chi connectivity index (χ4v) is 2.83. The van der Waals surface area contributed by atoms with Gasteiger partial charge in [0.05, 0.1) is 11.4 Å². The summed E-state index contributed by atoms with van der Waals surface area (Å²) in [5.74, 6) is 0.956. The lowest BCUT2D eigenvalue weighted by molar-refractivity contribution is 0.345. The van der Waals surface area contributed by atoms with Crippen LogP contribution in [0.2, 0.25) is 0 Å². The van der Waals surface area contributed by atoms with Crippen molar-refractivity contribution in [3.63, 3.8) is 0 Å². The Bertz CT molecular complexity index is 337. The molecule has 1 fully saturated rings. The second-order valence-corrected chi connectivity index (χ2v) is 5.24. The van der Waals surface area contributed by atoms with Crippen molar-refractivity contribution in [2.24, 2.45) is 13.0 Å².